The lowest BCUT2D eigenvalue weighted by Crippen LogP contribution is -2.43. The zero-order chi connectivity index (χ0) is 19.8. The summed E-state index contributed by atoms with van der Waals surface area (Å²) in [5, 5.41) is 12.4. The Kier molecular flexibility index (Phi) is 4.74. The Balaban J connectivity index is 1.50. The van der Waals surface area contributed by atoms with Gasteiger partial charge in [0.1, 0.15) is 6.54 Å². The van der Waals surface area contributed by atoms with Gasteiger partial charge < -0.3 is 5.32 Å². The maximum absolute atomic E-state index is 12.9. The summed E-state index contributed by atoms with van der Waals surface area (Å²) in [6, 6.07) is 11.2. The molecule has 1 saturated heterocycles. The second-order valence-corrected chi connectivity index (χ2v) is 7.06. The Morgan fingerprint density at radius 2 is 1.86 bits per heavy atom. The van der Waals surface area contributed by atoms with Gasteiger partial charge in [-0.2, -0.15) is 5.11 Å². The van der Waals surface area contributed by atoms with Crippen molar-refractivity contribution in [2.24, 2.45) is 10.3 Å². The molecule has 28 heavy (non-hydrogen) atoms. The number of nitrogens with zero attached hydrogens (tertiary/aromatic N) is 4. The molecule has 3 amide bonds. The molecular weight excluding hydrogens is 405 g/mol. The monoisotopic (exact) mass is 417 g/mol. The van der Waals surface area contributed by atoms with E-state index in [0.717, 1.165) is 4.90 Å². The van der Waals surface area contributed by atoms with Crippen LogP contribution in [-0.4, -0.2) is 41.4 Å². The van der Waals surface area contributed by atoms with Gasteiger partial charge in [-0.25, -0.2) is 4.90 Å². The highest BCUT2D eigenvalue weighted by atomic mass is 35.5. The summed E-state index contributed by atoms with van der Waals surface area (Å²) in [6.07, 6.45) is 0. The topological polar surface area (TPSA) is 94.4 Å². The molecule has 2 aliphatic heterocycles. The minimum Gasteiger partial charge on any atom is -0.323 e. The van der Waals surface area contributed by atoms with Gasteiger partial charge in [0.2, 0.25) is 5.91 Å². The molecule has 0 spiro atoms. The number of nitrogens with one attached hydrogen (secondary N) is 1. The summed E-state index contributed by atoms with van der Waals surface area (Å²) in [7, 11) is 0. The molecule has 1 fully saturated rings. The van der Waals surface area contributed by atoms with E-state index in [4.69, 9.17) is 23.2 Å². The summed E-state index contributed by atoms with van der Waals surface area (Å²) in [5.41, 5.74) is 0.795. The Hall–Kier alpha value is -2.97. The van der Waals surface area contributed by atoms with E-state index in [9.17, 15) is 14.4 Å². The molecule has 142 valence electrons. The predicted molar refractivity (Wildman–Crippen MR) is 103 cm³/mol. The van der Waals surface area contributed by atoms with E-state index in [1.165, 1.54) is 11.1 Å². The van der Waals surface area contributed by atoms with Crippen LogP contribution < -0.4 is 10.2 Å². The molecule has 0 saturated carbocycles. The van der Waals surface area contributed by atoms with E-state index in [-0.39, 0.29) is 6.54 Å². The van der Waals surface area contributed by atoms with Crippen LogP contribution in [0.15, 0.2) is 58.9 Å². The molecule has 8 nitrogen and oxygen atoms in total. The number of anilines is 2. The largest absolute Gasteiger partial charge is 0.323 e. The van der Waals surface area contributed by atoms with Gasteiger partial charge in [0, 0.05) is 5.02 Å². The van der Waals surface area contributed by atoms with Crippen LogP contribution in [0, 0.1) is 0 Å². The minimum atomic E-state index is -0.986. The summed E-state index contributed by atoms with van der Waals surface area (Å²) < 4.78 is 0. The fourth-order valence-corrected chi connectivity index (χ4v) is 3.49. The van der Waals surface area contributed by atoms with Crippen molar-refractivity contribution in [3.8, 4) is 0 Å². The first kappa shape index (κ1) is 18.4. The number of carbonyl (C=O) groups is 3. The fraction of sp³-hybridized carbons (Fsp3) is 0.167. The van der Waals surface area contributed by atoms with Gasteiger partial charge in [0.15, 0.2) is 12.1 Å². The van der Waals surface area contributed by atoms with Crippen LogP contribution >= 0.6 is 23.2 Å². The zero-order valence-corrected chi connectivity index (χ0v) is 15.8. The van der Waals surface area contributed by atoms with Crippen LogP contribution in [0.4, 0.5) is 11.4 Å². The number of benzene rings is 2. The van der Waals surface area contributed by atoms with E-state index >= 15 is 0 Å². The first-order chi connectivity index (χ1) is 13.5. The van der Waals surface area contributed by atoms with Gasteiger partial charge in [0.25, 0.3) is 11.8 Å². The molecule has 2 aromatic carbocycles. The van der Waals surface area contributed by atoms with Gasteiger partial charge in [-0.05, 0) is 30.3 Å². The van der Waals surface area contributed by atoms with Crippen LogP contribution in [-0.2, 0) is 14.4 Å². The van der Waals surface area contributed by atoms with Gasteiger partial charge in [-0.15, -0.1) is 0 Å². The maximum Gasteiger partial charge on any atom is 0.263 e. The van der Waals surface area contributed by atoms with E-state index in [2.05, 4.69) is 15.7 Å². The van der Waals surface area contributed by atoms with Crippen molar-refractivity contribution in [3.05, 3.63) is 58.6 Å². The van der Waals surface area contributed by atoms with Crippen molar-refractivity contribution in [1.82, 2.24) is 5.01 Å². The Morgan fingerprint density at radius 3 is 2.61 bits per heavy atom. The number of hydrogen-bond donors (Lipinski definition) is 1. The lowest BCUT2D eigenvalue weighted by Gasteiger charge is -2.20. The van der Waals surface area contributed by atoms with Crippen molar-refractivity contribution >= 4 is 52.3 Å². The SMILES string of the molecule is O=C(CN1N=N[C@H]2C(=O)N(c3cccc(Cl)c3)C(=O)[C@@H]21)Nc1ccccc1Cl. The molecule has 0 aromatic heterocycles. The average Bonchev–Trinajstić information content (AvgIpc) is 3.17. The quantitative estimate of drug-likeness (QED) is 0.773. The van der Waals surface area contributed by atoms with Crippen LogP contribution in [0.2, 0.25) is 10.0 Å². The van der Waals surface area contributed by atoms with Crippen LogP contribution in [0.5, 0.6) is 0 Å². The predicted octanol–water partition coefficient (Wildman–Crippen LogP) is 2.93. The second kappa shape index (κ2) is 7.21. The fourth-order valence-electron chi connectivity index (χ4n) is 3.12. The molecule has 4 rings (SSSR count). The van der Waals surface area contributed by atoms with E-state index in [1.807, 2.05) is 0 Å². The van der Waals surface area contributed by atoms with Crippen molar-refractivity contribution in [3.63, 3.8) is 0 Å². The minimum absolute atomic E-state index is 0.252. The van der Waals surface area contributed by atoms with Crippen molar-refractivity contribution < 1.29 is 14.4 Å². The summed E-state index contributed by atoms with van der Waals surface area (Å²) in [5.74, 6) is -1.45. The smallest absolute Gasteiger partial charge is 0.263 e. The van der Waals surface area contributed by atoms with Crippen LogP contribution in [0.1, 0.15) is 0 Å². The highest BCUT2D eigenvalue weighted by molar-refractivity contribution is 6.33. The third-order valence-electron chi connectivity index (χ3n) is 4.38. The standard InChI is InChI=1S/C18H13Cl2N5O3/c19-10-4-3-5-11(8-10)25-17(27)15-16(18(25)28)24(23-22-15)9-14(26)21-13-7-2-1-6-12(13)20/h1-8,15-16H,9H2,(H,21,26)/t15-,16-/m1/s1. The molecular formula is C18H13Cl2N5O3. The number of fused-ring (bicyclic) bond motifs is 1. The third kappa shape index (κ3) is 3.21. The average molecular weight is 418 g/mol. The first-order valence-electron chi connectivity index (χ1n) is 8.31. The van der Waals surface area contributed by atoms with Crippen molar-refractivity contribution in [2.45, 2.75) is 12.1 Å². The van der Waals surface area contributed by atoms with E-state index in [1.54, 1.807) is 42.5 Å². The van der Waals surface area contributed by atoms with Crippen molar-refractivity contribution in [2.75, 3.05) is 16.8 Å². The number of imide groups is 1. The summed E-state index contributed by atoms with van der Waals surface area (Å²) in [6.45, 7) is -0.252. The summed E-state index contributed by atoms with van der Waals surface area (Å²) in [4.78, 5) is 38.9. The van der Waals surface area contributed by atoms with Gasteiger partial charge in [-0.1, -0.05) is 46.6 Å². The van der Waals surface area contributed by atoms with Crippen LogP contribution in [0.25, 0.3) is 0 Å². The molecule has 10 heteroatoms. The molecule has 2 aliphatic rings. The van der Waals surface area contributed by atoms with Crippen molar-refractivity contribution in [1.29, 1.82) is 0 Å². The lowest BCUT2D eigenvalue weighted by atomic mass is 10.1. The maximum atomic E-state index is 12.9. The number of amides is 3. The highest BCUT2D eigenvalue weighted by Gasteiger charge is 2.55. The van der Waals surface area contributed by atoms with Gasteiger partial charge in [0.05, 0.1) is 16.4 Å². The van der Waals surface area contributed by atoms with Gasteiger partial charge >= 0.3 is 0 Å². The Morgan fingerprint density at radius 1 is 1.07 bits per heavy atom. The highest BCUT2D eigenvalue weighted by Crippen LogP contribution is 2.32. The normalized spacial score (nSPS) is 20.6. The number of carbonyl (C=O) groups excluding carboxylic acids is 3. The molecule has 2 heterocycles. The Bertz CT molecular complexity index is 1010. The van der Waals surface area contributed by atoms with E-state index in [0.29, 0.717) is 21.4 Å². The molecule has 0 radical (unpaired) electrons. The van der Waals surface area contributed by atoms with E-state index < -0.39 is 29.8 Å². The molecule has 0 aliphatic carbocycles. The summed E-state index contributed by atoms with van der Waals surface area (Å²) >= 11 is 12.0. The van der Waals surface area contributed by atoms with Crippen LogP contribution in [0.3, 0.4) is 0 Å². The number of para-hydroxylation sites is 1. The Labute approximate surface area is 169 Å². The number of rotatable bonds is 4. The second-order valence-electron chi connectivity index (χ2n) is 6.21. The number of halogens is 2. The molecule has 2 atom stereocenters. The number of hydrogen-bond acceptors (Lipinski definition) is 6. The molecule has 1 N–H and O–H groups in total. The molecule has 0 unspecified atom stereocenters. The molecule has 0 bridgehead atoms. The zero-order valence-electron chi connectivity index (χ0n) is 14.3. The lowest BCUT2D eigenvalue weighted by molar-refractivity contribution is -0.123. The first-order valence-corrected chi connectivity index (χ1v) is 9.06. The third-order valence-corrected chi connectivity index (χ3v) is 4.94. The van der Waals surface area contributed by atoms with Gasteiger partial charge in [-0.3, -0.25) is 19.4 Å². The molecule has 2 aromatic rings.